The predicted molar refractivity (Wildman–Crippen MR) is 87.0 cm³/mol. The molecule has 3 rings (SSSR count). The first kappa shape index (κ1) is 14.4. The molecule has 22 heavy (non-hydrogen) atoms. The van der Waals surface area contributed by atoms with E-state index in [0.29, 0.717) is 10.7 Å². The van der Waals surface area contributed by atoms with Gasteiger partial charge < -0.3 is 15.5 Å². The normalized spacial score (nSPS) is 14.7. The highest BCUT2D eigenvalue weighted by Crippen LogP contribution is 2.22. The smallest absolute Gasteiger partial charge is 0.223 e. The summed E-state index contributed by atoms with van der Waals surface area (Å²) in [6.45, 7) is 3.31. The molecule has 0 amide bonds. The molecular weight excluding hydrogens is 300 g/mol. The Balaban J connectivity index is 1.71. The van der Waals surface area contributed by atoms with Crippen LogP contribution in [0.1, 0.15) is 5.56 Å². The number of aromatic nitrogens is 2. The first-order valence-electron chi connectivity index (χ1n) is 6.96. The van der Waals surface area contributed by atoms with Crippen LogP contribution in [0.15, 0.2) is 30.3 Å². The van der Waals surface area contributed by atoms with Gasteiger partial charge in [0.05, 0.1) is 11.6 Å². The van der Waals surface area contributed by atoms with Gasteiger partial charge in [-0.1, -0.05) is 17.7 Å². The molecule has 1 aromatic carbocycles. The lowest BCUT2D eigenvalue weighted by Crippen LogP contribution is -2.46. The summed E-state index contributed by atoms with van der Waals surface area (Å²) in [5.41, 5.74) is 7.39. The van der Waals surface area contributed by atoms with Gasteiger partial charge in [0.15, 0.2) is 0 Å². The first-order chi connectivity index (χ1) is 10.7. The van der Waals surface area contributed by atoms with Crippen LogP contribution >= 0.6 is 11.6 Å². The number of rotatable bonds is 2. The summed E-state index contributed by atoms with van der Waals surface area (Å²) in [5, 5.41) is 9.34. The lowest BCUT2D eigenvalue weighted by atomic mass is 10.2. The average molecular weight is 315 g/mol. The van der Waals surface area contributed by atoms with Crippen molar-refractivity contribution < 1.29 is 0 Å². The van der Waals surface area contributed by atoms with Gasteiger partial charge >= 0.3 is 0 Å². The van der Waals surface area contributed by atoms with Gasteiger partial charge in [0.1, 0.15) is 11.0 Å². The lowest BCUT2D eigenvalue weighted by molar-refractivity contribution is 0.647. The van der Waals surface area contributed by atoms with E-state index in [-0.39, 0.29) is 5.95 Å². The highest BCUT2D eigenvalue weighted by Gasteiger charge is 2.19. The van der Waals surface area contributed by atoms with E-state index in [2.05, 4.69) is 25.8 Å². The Morgan fingerprint density at radius 1 is 1.09 bits per heavy atom. The highest BCUT2D eigenvalue weighted by atomic mass is 35.5. The van der Waals surface area contributed by atoms with Crippen LogP contribution in [0.4, 0.5) is 17.5 Å². The van der Waals surface area contributed by atoms with Gasteiger partial charge in [0, 0.05) is 37.9 Å². The van der Waals surface area contributed by atoms with Crippen molar-refractivity contribution in [2.24, 2.45) is 0 Å². The molecule has 0 spiro atoms. The number of hydrogen-bond donors (Lipinski definition) is 1. The molecule has 2 heterocycles. The van der Waals surface area contributed by atoms with Crippen molar-refractivity contribution in [3.05, 3.63) is 41.0 Å². The fraction of sp³-hybridized carbons (Fsp3) is 0.267. The van der Waals surface area contributed by atoms with Gasteiger partial charge in [0.25, 0.3) is 0 Å². The van der Waals surface area contributed by atoms with Crippen LogP contribution in [-0.4, -0.2) is 36.1 Å². The molecule has 6 nitrogen and oxygen atoms in total. The number of nitrogens with two attached hydrogens (primary N) is 1. The Morgan fingerprint density at radius 3 is 2.50 bits per heavy atom. The molecule has 1 aliphatic rings. The van der Waals surface area contributed by atoms with Crippen LogP contribution in [0, 0.1) is 11.3 Å². The van der Waals surface area contributed by atoms with Crippen LogP contribution in [-0.2, 0) is 0 Å². The van der Waals surface area contributed by atoms with Crippen molar-refractivity contribution in [1.29, 1.82) is 5.26 Å². The highest BCUT2D eigenvalue weighted by molar-refractivity contribution is 6.29. The molecule has 1 aliphatic heterocycles. The zero-order valence-electron chi connectivity index (χ0n) is 11.9. The van der Waals surface area contributed by atoms with E-state index in [1.54, 1.807) is 6.07 Å². The van der Waals surface area contributed by atoms with Gasteiger partial charge in [-0.25, -0.2) is 4.98 Å². The molecule has 0 unspecified atom stereocenters. The van der Waals surface area contributed by atoms with Crippen molar-refractivity contribution in [3.63, 3.8) is 0 Å². The summed E-state index contributed by atoms with van der Waals surface area (Å²) in [4.78, 5) is 12.5. The van der Waals surface area contributed by atoms with Crippen molar-refractivity contribution in [2.45, 2.75) is 0 Å². The Labute approximate surface area is 133 Å². The molecule has 0 atom stereocenters. The predicted octanol–water partition coefficient (Wildman–Crippen LogP) is 1.91. The molecule has 0 radical (unpaired) electrons. The summed E-state index contributed by atoms with van der Waals surface area (Å²) < 4.78 is 0. The number of nitriles is 1. The third kappa shape index (κ3) is 3.05. The van der Waals surface area contributed by atoms with Crippen LogP contribution in [0.3, 0.4) is 0 Å². The molecule has 1 fully saturated rings. The van der Waals surface area contributed by atoms with E-state index < -0.39 is 0 Å². The fourth-order valence-electron chi connectivity index (χ4n) is 2.55. The second-order valence-electron chi connectivity index (χ2n) is 5.04. The maximum absolute atomic E-state index is 8.99. The second-order valence-corrected chi connectivity index (χ2v) is 5.43. The molecule has 0 bridgehead atoms. The van der Waals surface area contributed by atoms with E-state index in [4.69, 9.17) is 22.6 Å². The Kier molecular flexibility index (Phi) is 3.98. The lowest BCUT2D eigenvalue weighted by Gasteiger charge is -2.36. The van der Waals surface area contributed by atoms with Crippen molar-refractivity contribution >= 4 is 29.1 Å². The Bertz CT molecular complexity index is 698. The van der Waals surface area contributed by atoms with Crippen LogP contribution in [0.2, 0.25) is 5.15 Å². The van der Waals surface area contributed by atoms with E-state index >= 15 is 0 Å². The van der Waals surface area contributed by atoms with Gasteiger partial charge in [0.2, 0.25) is 5.95 Å². The molecule has 2 N–H and O–H groups in total. The Morgan fingerprint density at radius 2 is 1.82 bits per heavy atom. The van der Waals surface area contributed by atoms with Crippen molar-refractivity contribution in [3.8, 4) is 6.07 Å². The summed E-state index contributed by atoms with van der Waals surface area (Å²) in [5.74, 6) is 0.939. The third-order valence-electron chi connectivity index (χ3n) is 3.64. The monoisotopic (exact) mass is 314 g/mol. The minimum atomic E-state index is 0.187. The molecule has 112 valence electrons. The zero-order chi connectivity index (χ0) is 15.5. The largest absolute Gasteiger partial charge is 0.368 e. The molecule has 0 aliphatic carbocycles. The van der Waals surface area contributed by atoms with Crippen LogP contribution in [0.25, 0.3) is 0 Å². The average Bonchev–Trinajstić information content (AvgIpc) is 2.54. The standard InChI is InChI=1S/C15H15ClN6/c16-13-9-14(20-15(18)19-13)22-6-4-21(5-7-22)12-3-1-2-11(8-12)10-17/h1-3,8-9H,4-7H2,(H2,18,19,20). The summed E-state index contributed by atoms with van der Waals surface area (Å²) in [6, 6.07) is 11.6. The summed E-state index contributed by atoms with van der Waals surface area (Å²) in [7, 11) is 0. The van der Waals surface area contributed by atoms with Crippen LogP contribution < -0.4 is 15.5 Å². The maximum Gasteiger partial charge on any atom is 0.223 e. The maximum atomic E-state index is 8.99. The van der Waals surface area contributed by atoms with Crippen molar-refractivity contribution in [1.82, 2.24) is 9.97 Å². The SMILES string of the molecule is N#Cc1cccc(N2CCN(c3cc(Cl)nc(N)n3)CC2)c1. The first-order valence-corrected chi connectivity index (χ1v) is 7.33. The van der Waals surface area contributed by atoms with Gasteiger partial charge in [-0.2, -0.15) is 10.2 Å². The number of anilines is 3. The second kappa shape index (κ2) is 6.08. The number of nitrogens with zero attached hydrogens (tertiary/aromatic N) is 5. The fourth-order valence-corrected chi connectivity index (χ4v) is 2.73. The number of piperazine rings is 1. The summed E-state index contributed by atoms with van der Waals surface area (Å²) >= 11 is 5.93. The third-order valence-corrected chi connectivity index (χ3v) is 3.84. The van der Waals surface area contributed by atoms with Crippen molar-refractivity contribution in [2.75, 3.05) is 41.7 Å². The van der Waals surface area contributed by atoms with E-state index in [0.717, 1.165) is 37.7 Å². The number of nitrogen functional groups attached to an aromatic ring is 1. The number of halogens is 1. The van der Waals surface area contributed by atoms with Gasteiger partial charge in [-0.15, -0.1) is 0 Å². The molecule has 2 aromatic rings. The quantitative estimate of drug-likeness (QED) is 0.853. The topological polar surface area (TPSA) is 82.1 Å². The summed E-state index contributed by atoms with van der Waals surface area (Å²) in [6.07, 6.45) is 0. The molecule has 0 saturated carbocycles. The molecule has 1 saturated heterocycles. The minimum absolute atomic E-state index is 0.187. The number of hydrogen-bond acceptors (Lipinski definition) is 6. The Hall–Kier alpha value is -2.52. The van der Waals surface area contributed by atoms with Gasteiger partial charge in [-0.3, -0.25) is 0 Å². The van der Waals surface area contributed by atoms with E-state index in [1.165, 1.54) is 0 Å². The zero-order valence-corrected chi connectivity index (χ0v) is 12.7. The molecule has 7 heteroatoms. The van der Waals surface area contributed by atoms with Gasteiger partial charge in [-0.05, 0) is 18.2 Å². The van der Waals surface area contributed by atoms with Crippen LogP contribution in [0.5, 0.6) is 0 Å². The number of benzene rings is 1. The molecular formula is C15H15ClN6. The minimum Gasteiger partial charge on any atom is -0.368 e. The molecule has 1 aromatic heterocycles. The van der Waals surface area contributed by atoms with E-state index in [1.807, 2.05) is 24.3 Å². The van der Waals surface area contributed by atoms with E-state index in [9.17, 15) is 0 Å².